The molecule has 3 rings (SSSR count). The first-order chi connectivity index (χ1) is 8.81. The molecule has 1 saturated carbocycles. The van der Waals surface area contributed by atoms with Gasteiger partial charge in [0.1, 0.15) is 5.65 Å². The van der Waals surface area contributed by atoms with Gasteiger partial charge in [-0.2, -0.15) is 11.8 Å². The van der Waals surface area contributed by atoms with Crippen LogP contribution in [-0.2, 0) is 5.75 Å². The first kappa shape index (κ1) is 12.5. The third-order valence-electron chi connectivity index (χ3n) is 3.48. The lowest BCUT2D eigenvalue weighted by Crippen LogP contribution is -2.08. The minimum Gasteiger partial charge on any atom is -0.306 e. The monoisotopic (exact) mass is 324 g/mol. The van der Waals surface area contributed by atoms with E-state index in [1.165, 1.54) is 37.8 Å². The number of hydrogen-bond donors (Lipinski definition) is 0. The minimum absolute atomic E-state index is 0.857. The van der Waals surface area contributed by atoms with Crippen LogP contribution in [0, 0.1) is 0 Å². The Morgan fingerprint density at radius 2 is 2.06 bits per heavy atom. The topological polar surface area (TPSA) is 17.3 Å². The van der Waals surface area contributed by atoms with Crippen molar-refractivity contribution in [3.8, 4) is 0 Å². The maximum absolute atomic E-state index is 4.66. The molecule has 2 aromatic heterocycles. The van der Waals surface area contributed by atoms with Crippen molar-refractivity contribution in [1.82, 2.24) is 9.38 Å². The van der Waals surface area contributed by atoms with Gasteiger partial charge in [-0.3, -0.25) is 0 Å². The molecule has 0 aromatic carbocycles. The Hall–Kier alpha value is -0.480. The number of aromatic nitrogens is 2. The van der Waals surface area contributed by atoms with Crippen LogP contribution in [0.15, 0.2) is 29.0 Å². The molecule has 0 bridgehead atoms. The van der Waals surface area contributed by atoms with E-state index in [0.29, 0.717) is 0 Å². The molecule has 0 spiro atoms. The average molecular weight is 325 g/mol. The van der Waals surface area contributed by atoms with Crippen LogP contribution in [0.5, 0.6) is 0 Å². The maximum Gasteiger partial charge on any atom is 0.137 e. The molecule has 2 aromatic rings. The van der Waals surface area contributed by atoms with Crippen LogP contribution in [0.1, 0.15) is 37.8 Å². The molecule has 4 heteroatoms. The number of nitrogens with zero attached hydrogens (tertiary/aromatic N) is 2. The summed E-state index contributed by atoms with van der Waals surface area (Å²) in [7, 11) is 0. The third-order valence-corrected chi connectivity index (χ3v) is 5.36. The lowest BCUT2D eigenvalue weighted by atomic mass is 10.0. The van der Waals surface area contributed by atoms with E-state index in [9.17, 15) is 0 Å². The van der Waals surface area contributed by atoms with Crippen LogP contribution in [0.25, 0.3) is 5.65 Å². The highest BCUT2D eigenvalue weighted by atomic mass is 79.9. The minimum atomic E-state index is 0.857. The molecular formula is C14H17BrN2S. The summed E-state index contributed by atoms with van der Waals surface area (Å²) in [6.07, 6.45) is 11.3. The molecule has 0 unspecified atom stereocenters. The van der Waals surface area contributed by atoms with E-state index in [1.54, 1.807) is 0 Å². The highest BCUT2D eigenvalue weighted by molar-refractivity contribution is 9.10. The largest absolute Gasteiger partial charge is 0.306 e. The van der Waals surface area contributed by atoms with E-state index in [4.69, 9.17) is 0 Å². The quantitative estimate of drug-likeness (QED) is 0.816. The van der Waals surface area contributed by atoms with Crippen LogP contribution in [0.4, 0.5) is 0 Å². The fraction of sp³-hybridized carbons (Fsp3) is 0.500. The zero-order valence-corrected chi connectivity index (χ0v) is 12.7. The van der Waals surface area contributed by atoms with Gasteiger partial charge in [0.15, 0.2) is 0 Å². The Morgan fingerprint density at radius 3 is 2.89 bits per heavy atom. The number of rotatable bonds is 3. The second kappa shape index (κ2) is 5.66. The van der Waals surface area contributed by atoms with Crippen molar-refractivity contribution in [3.05, 3.63) is 34.7 Å². The first-order valence-electron chi connectivity index (χ1n) is 6.56. The zero-order chi connectivity index (χ0) is 12.4. The van der Waals surface area contributed by atoms with Crippen molar-refractivity contribution in [2.24, 2.45) is 0 Å². The summed E-state index contributed by atoms with van der Waals surface area (Å²) < 4.78 is 3.19. The van der Waals surface area contributed by atoms with Gasteiger partial charge in [-0.15, -0.1) is 0 Å². The average Bonchev–Trinajstić information content (AvgIpc) is 2.79. The van der Waals surface area contributed by atoms with Crippen molar-refractivity contribution < 1.29 is 0 Å². The first-order valence-corrected chi connectivity index (χ1v) is 8.40. The highest BCUT2D eigenvalue weighted by Crippen LogP contribution is 2.30. The molecule has 1 aliphatic carbocycles. The molecule has 0 atom stereocenters. The number of thioether (sulfide) groups is 1. The Bertz CT molecular complexity index is 532. The van der Waals surface area contributed by atoms with Crippen molar-refractivity contribution in [3.63, 3.8) is 0 Å². The Balaban J connectivity index is 1.67. The Kier molecular flexibility index (Phi) is 3.94. The summed E-state index contributed by atoms with van der Waals surface area (Å²) in [5, 5.41) is 0.857. The van der Waals surface area contributed by atoms with Crippen LogP contribution in [0.2, 0.25) is 0 Å². The van der Waals surface area contributed by atoms with Gasteiger partial charge in [-0.1, -0.05) is 19.3 Å². The van der Waals surface area contributed by atoms with Crippen LogP contribution in [-0.4, -0.2) is 14.6 Å². The summed E-state index contributed by atoms with van der Waals surface area (Å²) in [4.78, 5) is 4.66. The van der Waals surface area contributed by atoms with Gasteiger partial charge in [0.25, 0.3) is 0 Å². The molecule has 1 fully saturated rings. The van der Waals surface area contributed by atoms with Crippen molar-refractivity contribution >= 4 is 33.3 Å². The number of imidazole rings is 1. The number of hydrogen-bond acceptors (Lipinski definition) is 2. The van der Waals surface area contributed by atoms with Crippen molar-refractivity contribution in [2.45, 2.75) is 43.1 Å². The SMILES string of the molecule is Brc1ccc2nc(CSC3CCCCC3)cn2c1. The van der Waals surface area contributed by atoms with E-state index >= 15 is 0 Å². The van der Waals surface area contributed by atoms with E-state index in [1.807, 2.05) is 6.07 Å². The number of halogens is 1. The van der Waals surface area contributed by atoms with Gasteiger partial charge in [-0.25, -0.2) is 4.98 Å². The highest BCUT2D eigenvalue weighted by Gasteiger charge is 2.14. The van der Waals surface area contributed by atoms with Crippen molar-refractivity contribution in [1.29, 1.82) is 0 Å². The Labute approximate surface area is 120 Å². The lowest BCUT2D eigenvalue weighted by Gasteiger charge is -2.20. The van der Waals surface area contributed by atoms with Gasteiger partial charge >= 0.3 is 0 Å². The molecule has 0 amide bonds. The van der Waals surface area contributed by atoms with Crippen LogP contribution in [0.3, 0.4) is 0 Å². The van der Waals surface area contributed by atoms with Gasteiger partial charge < -0.3 is 4.40 Å². The molecular weight excluding hydrogens is 308 g/mol. The van der Waals surface area contributed by atoms with Crippen LogP contribution < -0.4 is 0 Å². The molecule has 0 N–H and O–H groups in total. The van der Waals surface area contributed by atoms with E-state index in [0.717, 1.165) is 21.1 Å². The van der Waals surface area contributed by atoms with E-state index in [-0.39, 0.29) is 0 Å². The summed E-state index contributed by atoms with van der Waals surface area (Å²) in [5.41, 5.74) is 2.24. The maximum atomic E-state index is 4.66. The fourth-order valence-corrected chi connectivity index (χ4v) is 4.09. The van der Waals surface area contributed by atoms with Crippen molar-refractivity contribution in [2.75, 3.05) is 0 Å². The molecule has 18 heavy (non-hydrogen) atoms. The van der Waals surface area contributed by atoms with Crippen LogP contribution >= 0.6 is 27.7 Å². The standard InChI is InChI=1S/C14H17BrN2S/c15-11-6-7-14-16-12(9-17(14)8-11)10-18-13-4-2-1-3-5-13/h6-9,13H,1-5,10H2. The normalized spacial score (nSPS) is 17.4. The van der Waals surface area contributed by atoms with E-state index < -0.39 is 0 Å². The number of fused-ring (bicyclic) bond motifs is 1. The van der Waals surface area contributed by atoms with Gasteiger partial charge in [0.05, 0.1) is 5.69 Å². The summed E-state index contributed by atoms with van der Waals surface area (Å²) in [6, 6.07) is 4.10. The smallest absolute Gasteiger partial charge is 0.137 e. The van der Waals surface area contributed by atoms with Gasteiger partial charge in [-0.05, 0) is 40.9 Å². The summed E-state index contributed by atoms with van der Waals surface area (Å²) >= 11 is 5.57. The molecule has 0 saturated heterocycles. The molecule has 0 aliphatic heterocycles. The molecule has 1 aliphatic rings. The number of pyridine rings is 1. The predicted octanol–water partition coefficient (Wildman–Crippen LogP) is 4.66. The lowest BCUT2D eigenvalue weighted by molar-refractivity contribution is 0.516. The molecule has 2 heterocycles. The predicted molar refractivity (Wildman–Crippen MR) is 81.1 cm³/mol. The second-order valence-electron chi connectivity index (χ2n) is 4.92. The van der Waals surface area contributed by atoms with Gasteiger partial charge in [0, 0.05) is 27.9 Å². The van der Waals surface area contributed by atoms with Gasteiger partial charge in [0.2, 0.25) is 0 Å². The fourth-order valence-electron chi connectivity index (χ4n) is 2.52. The molecule has 96 valence electrons. The summed E-state index contributed by atoms with van der Waals surface area (Å²) in [5.74, 6) is 1.05. The summed E-state index contributed by atoms with van der Waals surface area (Å²) in [6.45, 7) is 0. The molecule has 0 radical (unpaired) electrons. The Morgan fingerprint density at radius 1 is 1.22 bits per heavy atom. The zero-order valence-electron chi connectivity index (χ0n) is 10.3. The van der Waals surface area contributed by atoms with E-state index in [2.05, 4.69) is 55.5 Å². The molecule has 2 nitrogen and oxygen atoms in total. The third kappa shape index (κ3) is 2.91. The second-order valence-corrected chi connectivity index (χ2v) is 7.12.